The Hall–Kier alpha value is -4.11. The molecule has 0 radical (unpaired) electrons. The van der Waals surface area contributed by atoms with Gasteiger partial charge in [0.15, 0.2) is 0 Å². The minimum Gasteiger partial charge on any atom is -0.490 e. The molecule has 1 atom stereocenters. The van der Waals surface area contributed by atoms with Crippen molar-refractivity contribution in [2.45, 2.75) is 31.9 Å². The molecule has 3 aromatic carbocycles. The third kappa shape index (κ3) is 6.90. The Morgan fingerprint density at radius 2 is 1.77 bits per heavy atom. The Balaban J connectivity index is 0.00000370. The number of fused-ring (bicyclic) bond motifs is 3. The van der Waals surface area contributed by atoms with Crippen molar-refractivity contribution in [1.29, 1.82) is 0 Å². The predicted molar refractivity (Wildman–Crippen MR) is 160 cm³/mol. The number of aromatic nitrogens is 2. The number of primary amides is 1. The number of carbonyl (C=O) groups excluding carboxylic acids is 1. The van der Waals surface area contributed by atoms with Crippen LogP contribution >= 0.6 is 12.4 Å². The van der Waals surface area contributed by atoms with E-state index in [-0.39, 0.29) is 24.6 Å². The van der Waals surface area contributed by atoms with Crippen LogP contribution in [0.3, 0.4) is 0 Å². The summed E-state index contributed by atoms with van der Waals surface area (Å²) < 4.78 is 11.8. The fourth-order valence-electron chi connectivity index (χ4n) is 4.58. The molecule has 5 N–H and O–H groups in total. The van der Waals surface area contributed by atoms with Crippen LogP contribution in [0.2, 0.25) is 0 Å². The zero-order valence-electron chi connectivity index (χ0n) is 22.4. The average molecular weight is 561 g/mol. The number of H-pyrrole nitrogens is 1. The molecular weight excluding hydrogens is 528 g/mol. The first-order valence-electron chi connectivity index (χ1n) is 12.9. The van der Waals surface area contributed by atoms with Crippen LogP contribution < -0.4 is 20.5 Å². The summed E-state index contributed by atoms with van der Waals surface area (Å²) in [5.74, 6) is 1.25. The lowest BCUT2D eigenvalue weighted by atomic mass is 9.94. The molecule has 2 aromatic heterocycles. The molecular formula is C31H33ClN4O4. The Bertz CT molecular complexity index is 1580. The van der Waals surface area contributed by atoms with Crippen molar-refractivity contribution in [1.82, 2.24) is 15.3 Å². The van der Waals surface area contributed by atoms with E-state index in [0.29, 0.717) is 23.7 Å². The zero-order chi connectivity index (χ0) is 27.4. The normalized spacial score (nSPS) is 12.2. The largest absolute Gasteiger partial charge is 0.490 e. The molecule has 0 aliphatic heterocycles. The van der Waals surface area contributed by atoms with Gasteiger partial charge in [-0.25, -0.2) is 4.98 Å². The van der Waals surface area contributed by atoms with Gasteiger partial charge in [0.05, 0.1) is 11.1 Å². The van der Waals surface area contributed by atoms with Crippen LogP contribution in [-0.2, 0) is 6.42 Å². The molecule has 5 rings (SSSR count). The van der Waals surface area contributed by atoms with Gasteiger partial charge in [-0.15, -0.1) is 12.4 Å². The Morgan fingerprint density at radius 1 is 1.02 bits per heavy atom. The number of hydrogen-bond acceptors (Lipinski definition) is 6. The van der Waals surface area contributed by atoms with Crippen molar-refractivity contribution >= 4 is 40.1 Å². The fourth-order valence-corrected chi connectivity index (χ4v) is 4.58. The lowest BCUT2D eigenvalue weighted by Crippen LogP contribution is -2.46. The van der Waals surface area contributed by atoms with Gasteiger partial charge in [0.2, 0.25) is 11.8 Å². The maximum Gasteiger partial charge on any atom is 0.250 e. The molecule has 0 spiro atoms. The number of aromatic amines is 1. The van der Waals surface area contributed by atoms with E-state index in [1.165, 1.54) is 6.20 Å². The van der Waals surface area contributed by atoms with Gasteiger partial charge in [-0.3, -0.25) is 4.79 Å². The van der Waals surface area contributed by atoms with Gasteiger partial charge in [0.25, 0.3) is 0 Å². The van der Waals surface area contributed by atoms with Crippen molar-refractivity contribution in [2.75, 3.05) is 13.2 Å². The van der Waals surface area contributed by atoms with Crippen molar-refractivity contribution < 1.29 is 19.4 Å². The minimum absolute atomic E-state index is 0. The Morgan fingerprint density at radius 3 is 2.50 bits per heavy atom. The summed E-state index contributed by atoms with van der Waals surface area (Å²) in [6.45, 7) is 4.77. The zero-order valence-corrected chi connectivity index (χ0v) is 23.2. The quantitative estimate of drug-likeness (QED) is 0.172. The predicted octanol–water partition coefficient (Wildman–Crippen LogP) is 5.38. The van der Waals surface area contributed by atoms with E-state index in [4.69, 9.17) is 15.2 Å². The summed E-state index contributed by atoms with van der Waals surface area (Å²) in [6.07, 6.45) is 1.47. The highest BCUT2D eigenvalue weighted by Gasteiger charge is 2.20. The second-order valence-corrected chi connectivity index (χ2v) is 10.3. The molecule has 9 heteroatoms. The Labute approximate surface area is 238 Å². The van der Waals surface area contributed by atoms with Crippen LogP contribution in [0.5, 0.6) is 17.4 Å². The first kappa shape index (κ1) is 28.9. The number of rotatable bonds is 11. The van der Waals surface area contributed by atoms with Gasteiger partial charge in [0, 0.05) is 40.6 Å². The Kier molecular flexibility index (Phi) is 8.94. The number of nitrogens with one attached hydrogen (secondary N) is 2. The number of nitrogens with zero attached hydrogens (tertiary/aromatic N) is 1. The van der Waals surface area contributed by atoms with Gasteiger partial charge in [-0.1, -0.05) is 36.4 Å². The number of benzene rings is 3. The second kappa shape index (κ2) is 12.4. The number of β-amino-alcohol motifs (C(OH)–C–C–N with tert-alkyl or cyclic N) is 1. The van der Waals surface area contributed by atoms with Gasteiger partial charge in [-0.05, 0) is 62.2 Å². The molecule has 2 heterocycles. The van der Waals surface area contributed by atoms with Crippen molar-refractivity contribution in [2.24, 2.45) is 5.73 Å². The molecule has 0 bridgehead atoms. The van der Waals surface area contributed by atoms with Crippen molar-refractivity contribution in [3.8, 4) is 17.4 Å². The number of hydrogen-bond donors (Lipinski definition) is 4. The van der Waals surface area contributed by atoms with Crippen LogP contribution in [0.25, 0.3) is 21.8 Å². The fraction of sp³-hybridized carbons (Fsp3) is 0.226. The second-order valence-electron chi connectivity index (χ2n) is 10.3. The van der Waals surface area contributed by atoms with Crippen LogP contribution in [-0.4, -0.2) is 45.8 Å². The number of ether oxygens (including phenoxy) is 2. The van der Waals surface area contributed by atoms with E-state index in [0.717, 1.165) is 39.5 Å². The summed E-state index contributed by atoms with van der Waals surface area (Å²) in [6, 6.07) is 25.0. The average Bonchev–Trinajstić information content (AvgIpc) is 3.31. The van der Waals surface area contributed by atoms with Crippen molar-refractivity contribution in [3.63, 3.8) is 0 Å². The van der Waals surface area contributed by atoms with Crippen LogP contribution in [0.1, 0.15) is 29.8 Å². The van der Waals surface area contributed by atoms with E-state index in [1.807, 2.05) is 60.7 Å². The first-order chi connectivity index (χ1) is 18.8. The van der Waals surface area contributed by atoms with Gasteiger partial charge in [0.1, 0.15) is 24.2 Å². The number of aliphatic hydroxyl groups excluding tert-OH is 1. The minimum atomic E-state index is -0.672. The van der Waals surface area contributed by atoms with E-state index >= 15 is 0 Å². The molecule has 0 aliphatic carbocycles. The summed E-state index contributed by atoms with van der Waals surface area (Å²) in [5.41, 5.74) is 8.50. The first-order valence-corrected chi connectivity index (χ1v) is 12.9. The summed E-state index contributed by atoms with van der Waals surface area (Å²) >= 11 is 0. The highest BCUT2D eigenvalue weighted by atomic mass is 35.5. The smallest absolute Gasteiger partial charge is 0.250 e. The number of amides is 1. The molecule has 208 valence electrons. The maximum absolute atomic E-state index is 11.2. The molecule has 1 unspecified atom stereocenters. The topological polar surface area (TPSA) is 122 Å². The SMILES string of the molecule is CC(C)(Cc1ccc(Oc2ccc(C(N)=O)cn2)cc1)NCC(O)COc1cccc2[nH]c3ccccc3c12.Cl. The number of aliphatic hydroxyl groups is 1. The molecule has 40 heavy (non-hydrogen) atoms. The number of pyridine rings is 1. The van der Waals surface area contributed by atoms with E-state index in [1.54, 1.807) is 12.1 Å². The molecule has 8 nitrogen and oxygen atoms in total. The third-order valence-electron chi connectivity index (χ3n) is 6.55. The van der Waals surface area contributed by atoms with Crippen molar-refractivity contribution in [3.05, 3.63) is 96.2 Å². The van der Waals surface area contributed by atoms with E-state index < -0.39 is 12.0 Å². The number of carbonyl (C=O) groups is 1. The highest BCUT2D eigenvalue weighted by molar-refractivity contribution is 6.10. The molecule has 0 aliphatic rings. The summed E-state index contributed by atoms with van der Waals surface area (Å²) in [5, 5.41) is 16.2. The van der Waals surface area contributed by atoms with Gasteiger partial charge in [-0.2, -0.15) is 0 Å². The number of nitrogens with two attached hydrogens (primary N) is 1. The summed E-state index contributed by atoms with van der Waals surface area (Å²) in [7, 11) is 0. The number of para-hydroxylation sites is 1. The third-order valence-corrected chi connectivity index (χ3v) is 6.55. The molecule has 0 fully saturated rings. The number of halogens is 1. The maximum atomic E-state index is 11.2. The van der Waals surface area contributed by atoms with E-state index in [2.05, 4.69) is 35.2 Å². The molecule has 0 saturated heterocycles. The van der Waals surface area contributed by atoms with E-state index in [9.17, 15) is 9.90 Å². The van der Waals surface area contributed by atoms with Gasteiger partial charge >= 0.3 is 0 Å². The highest BCUT2D eigenvalue weighted by Crippen LogP contribution is 2.33. The van der Waals surface area contributed by atoms with Crippen LogP contribution in [0.15, 0.2) is 85.1 Å². The lowest BCUT2D eigenvalue weighted by Gasteiger charge is -2.28. The lowest BCUT2D eigenvalue weighted by molar-refractivity contribution is 0.0995. The standard InChI is InChI=1S/C31H32N4O4.ClH/c1-31(2,16-20-10-13-23(14-11-20)39-28-15-12-21(17-33-28)30(32)37)34-18-22(36)19-38-27-9-5-8-26-29(27)24-6-3-4-7-25(24)35-26;/h3-15,17,22,34-36H,16,18-19H2,1-2H3,(H2,32,37);1H. The molecule has 0 saturated carbocycles. The van der Waals surface area contributed by atoms with Crippen LogP contribution in [0, 0.1) is 0 Å². The molecule has 1 amide bonds. The monoisotopic (exact) mass is 560 g/mol. The van der Waals surface area contributed by atoms with Gasteiger partial charge < -0.3 is 30.6 Å². The van der Waals surface area contributed by atoms with Crippen LogP contribution in [0.4, 0.5) is 0 Å². The molecule has 5 aromatic rings. The summed E-state index contributed by atoms with van der Waals surface area (Å²) in [4.78, 5) is 18.7.